The third-order valence-electron chi connectivity index (χ3n) is 2.95. The van der Waals surface area contributed by atoms with E-state index in [9.17, 15) is 4.79 Å². The minimum absolute atomic E-state index is 0.143. The van der Waals surface area contributed by atoms with Gasteiger partial charge in [-0.3, -0.25) is 4.79 Å². The summed E-state index contributed by atoms with van der Waals surface area (Å²) in [6.07, 6.45) is 0.844. The molecule has 0 aliphatic heterocycles. The zero-order valence-corrected chi connectivity index (χ0v) is 10.1. The lowest BCUT2D eigenvalue weighted by molar-refractivity contribution is 0.103. The highest BCUT2D eigenvalue weighted by Crippen LogP contribution is 2.28. The van der Waals surface area contributed by atoms with Crippen LogP contribution in [0.3, 0.4) is 0 Å². The normalized spacial score (nSPS) is 13.2. The minimum atomic E-state index is 0.143. The van der Waals surface area contributed by atoms with Gasteiger partial charge in [0.1, 0.15) is 0 Å². The average Bonchev–Trinajstić information content (AvgIpc) is 2.29. The Bertz CT molecular complexity index is 587. The van der Waals surface area contributed by atoms with Crippen LogP contribution in [0.1, 0.15) is 27.0 Å². The first kappa shape index (κ1) is 9.79. The molecule has 0 atom stereocenters. The van der Waals surface area contributed by atoms with Gasteiger partial charge in [0.15, 0.2) is 5.78 Å². The molecule has 2 aromatic carbocycles. The van der Waals surface area contributed by atoms with Gasteiger partial charge in [0.2, 0.25) is 0 Å². The number of ketones is 1. The molecule has 0 saturated carbocycles. The van der Waals surface area contributed by atoms with Gasteiger partial charge in [0.25, 0.3) is 0 Å². The summed E-state index contributed by atoms with van der Waals surface area (Å²) in [5.41, 5.74) is 3.91. The largest absolute Gasteiger partial charge is 0.289 e. The van der Waals surface area contributed by atoms with Gasteiger partial charge in [-0.05, 0) is 35.7 Å². The summed E-state index contributed by atoms with van der Waals surface area (Å²) in [5, 5.41) is 0. The van der Waals surface area contributed by atoms with Crippen molar-refractivity contribution in [3.8, 4) is 0 Å². The van der Waals surface area contributed by atoms with E-state index in [2.05, 4.69) is 15.9 Å². The molecule has 1 aliphatic rings. The molecule has 2 aromatic rings. The molecule has 3 rings (SSSR count). The molecular formula is C14H9BrO. The molecule has 16 heavy (non-hydrogen) atoms. The molecule has 0 N–H and O–H groups in total. The van der Waals surface area contributed by atoms with Crippen molar-refractivity contribution in [1.82, 2.24) is 0 Å². The van der Waals surface area contributed by atoms with Crippen molar-refractivity contribution in [2.24, 2.45) is 0 Å². The molecule has 0 fully saturated rings. The number of fused-ring (bicyclic) bond motifs is 2. The van der Waals surface area contributed by atoms with Crippen LogP contribution in [0.2, 0.25) is 0 Å². The Kier molecular flexibility index (Phi) is 2.18. The summed E-state index contributed by atoms with van der Waals surface area (Å²) in [6, 6.07) is 13.7. The van der Waals surface area contributed by atoms with E-state index in [0.717, 1.165) is 33.1 Å². The molecule has 0 radical (unpaired) electrons. The molecule has 0 saturated heterocycles. The monoisotopic (exact) mass is 272 g/mol. The van der Waals surface area contributed by atoms with E-state index in [1.54, 1.807) is 0 Å². The quantitative estimate of drug-likeness (QED) is 0.611. The number of halogens is 1. The second-order valence-electron chi connectivity index (χ2n) is 3.96. The van der Waals surface area contributed by atoms with Gasteiger partial charge < -0.3 is 0 Å². The Morgan fingerprint density at radius 3 is 2.56 bits per heavy atom. The van der Waals surface area contributed by atoms with Crippen molar-refractivity contribution < 1.29 is 4.79 Å². The van der Waals surface area contributed by atoms with Crippen LogP contribution in [-0.2, 0) is 6.42 Å². The third-order valence-corrected chi connectivity index (χ3v) is 3.45. The van der Waals surface area contributed by atoms with Gasteiger partial charge in [-0.2, -0.15) is 0 Å². The van der Waals surface area contributed by atoms with E-state index in [0.29, 0.717) is 0 Å². The summed E-state index contributed by atoms with van der Waals surface area (Å²) in [7, 11) is 0. The van der Waals surface area contributed by atoms with Crippen LogP contribution in [-0.4, -0.2) is 5.78 Å². The van der Waals surface area contributed by atoms with E-state index in [1.165, 1.54) is 0 Å². The fourth-order valence-electron chi connectivity index (χ4n) is 2.18. The first-order valence-corrected chi connectivity index (χ1v) is 5.96. The second-order valence-corrected chi connectivity index (χ2v) is 4.88. The topological polar surface area (TPSA) is 17.1 Å². The molecule has 1 nitrogen and oxygen atoms in total. The fourth-order valence-corrected chi connectivity index (χ4v) is 2.58. The van der Waals surface area contributed by atoms with Gasteiger partial charge in [0, 0.05) is 15.6 Å². The van der Waals surface area contributed by atoms with Gasteiger partial charge in [0.05, 0.1) is 0 Å². The SMILES string of the molecule is O=C1c2ccccc2Cc2cc(Br)ccc21. The van der Waals surface area contributed by atoms with Crippen LogP contribution in [0.15, 0.2) is 46.9 Å². The second kappa shape index (κ2) is 3.56. The van der Waals surface area contributed by atoms with Gasteiger partial charge in [-0.1, -0.05) is 40.2 Å². The van der Waals surface area contributed by atoms with E-state index >= 15 is 0 Å². The van der Waals surface area contributed by atoms with E-state index < -0.39 is 0 Å². The summed E-state index contributed by atoms with van der Waals surface area (Å²) >= 11 is 3.44. The lowest BCUT2D eigenvalue weighted by Crippen LogP contribution is -2.14. The number of hydrogen-bond donors (Lipinski definition) is 0. The molecule has 0 heterocycles. The van der Waals surface area contributed by atoms with E-state index in [1.807, 2.05) is 42.5 Å². The number of carbonyl (C=O) groups is 1. The molecule has 1 aliphatic carbocycles. The number of hydrogen-bond acceptors (Lipinski definition) is 1. The highest BCUT2D eigenvalue weighted by Gasteiger charge is 2.22. The van der Waals surface area contributed by atoms with Crippen LogP contribution in [0.25, 0.3) is 0 Å². The van der Waals surface area contributed by atoms with E-state index in [-0.39, 0.29) is 5.78 Å². The minimum Gasteiger partial charge on any atom is -0.289 e. The fraction of sp³-hybridized carbons (Fsp3) is 0.0714. The van der Waals surface area contributed by atoms with Crippen molar-refractivity contribution in [2.75, 3.05) is 0 Å². The lowest BCUT2D eigenvalue weighted by Gasteiger charge is -2.18. The van der Waals surface area contributed by atoms with Crippen LogP contribution in [0, 0.1) is 0 Å². The number of benzene rings is 2. The predicted molar refractivity (Wildman–Crippen MR) is 66.8 cm³/mol. The Balaban J connectivity index is 2.22. The maximum atomic E-state index is 12.2. The van der Waals surface area contributed by atoms with Crippen molar-refractivity contribution in [3.05, 3.63) is 69.2 Å². The smallest absolute Gasteiger partial charge is 0.193 e. The van der Waals surface area contributed by atoms with Crippen LogP contribution < -0.4 is 0 Å². The maximum Gasteiger partial charge on any atom is 0.193 e. The zero-order valence-electron chi connectivity index (χ0n) is 8.53. The summed E-state index contributed by atoms with van der Waals surface area (Å²) in [4.78, 5) is 12.2. The molecular weight excluding hydrogens is 264 g/mol. The third kappa shape index (κ3) is 1.41. The lowest BCUT2D eigenvalue weighted by atomic mass is 9.85. The first-order valence-electron chi connectivity index (χ1n) is 5.17. The number of rotatable bonds is 0. The Morgan fingerprint density at radius 1 is 0.938 bits per heavy atom. The Morgan fingerprint density at radius 2 is 1.69 bits per heavy atom. The molecule has 0 amide bonds. The molecule has 0 unspecified atom stereocenters. The van der Waals surface area contributed by atoms with Gasteiger partial charge in [-0.25, -0.2) is 0 Å². The van der Waals surface area contributed by atoms with Crippen LogP contribution in [0.5, 0.6) is 0 Å². The number of carbonyl (C=O) groups excluding carboxylic acids is 1. The summed E-state index contributed by atoms with van der Waals surface area (Å²) < 4.78 is 1.03. The average molecular weight is 273 g/mol. The Labute approximate surface area is 102 Å². The zero-order chi connectivity index (χ0) is 11.1. The summed E-state index contributed by atoms with van der Waals surface area (Å²) in [6.45, 7) is 0. The molecule has 78 valence electrons. The molecule has 0 spiro atoms. The van der Waals surface area contributed by atoms with Crippen molar-refractivity contribution in [3.63, 3.8) is 0 Å². The van der Waals surface area contributed by atoms with Crippen molar-refractivity contribution >= 4 is 21.7 Å². The highest BCUT2D eigenvalue weighted by molar-refractivity contribution is 9.10. The van der Waals surface area contributed by atoms with Gasteiger partial charge >= 0.3 is 0 Å². The standard InChI is InChI=1S/C14H9BrO/c15-11-5-6-13-10(8-11)7-9-3-1-2-4-12(9)14(13)16/h1-6,8H,7H2. The Hall–Kier alpha value is -1.41. The van der Waals surface area contributed by atoms with E-state index in [4.69, 9.17) is 0 Å². The van der Waals surface area contributed by atoms with Crippen LogP contribution >= 0.6 is 15.9 Å². The van der Waals surface area contributed by atoms with Crippen LogP contribution in [0.4, 0.5) is 0 Å². The van der Waals surface area contributed by atoms with Crippen molar-refractivity contribution in [2.45, 2.75) is 6.42 Å². The summed E-state index contributed by atoms with van der Waals surface area (Å²) in [5.74, 6) is 0.143. The maximum absolute atomic E-state index is 12.2. The van der Waals surface area contributed by atoms with Gasteiger partial charge in [-0.15, -0.1) is 0 Å². The predicted octanol–water partition coefficient (Wildman–Crippen LogP) is 3.58. The molecule has 0 bridgehead atoms. The van der Waals surface area contributed by atoms with Crippen molar-refractivity contribution in [1.29, 1.82) is 0 Å². The first-order chi connectivity index (χ1) is 7.75. The molecule has 2 heteroatoms. The molecule has 0 aromatic heterocycles. The highest BCUT2D eigenvalue weighted by atomic mass is 79.9.